The fourth-order valence-electron chi connectivity index (χ4n) is 2.16. The molecule has 0 saturated carbocycles. The minimum atomic E-state index is 0.207. The summed E-state index contributed by atoms with van der Waals surface area (Å²) in [6, 6.07) is 4.09. The second-order valence-corrected chi connectivity index (χ2v) is 4.99. The number of fused-ring (bicyclic) bond motifs is 1. The molecule has 6 nitrogen and oxygen atoms in total. The van der Waals surface area contributed by atoms with E-state index in [1.54, 1.807) is 0 Å². The van der Waals surface area contributed by atoms with E-state index in [9.17, 15) is 0 Å². The minimum absolute atomic E-state index is 0.207. The molecule has 0 aliphatic carbocycles. The lowest BCUT2D eigenvalue weighted by Crippen LogP contribution is -2.43. The van der Waals surface area contributed by atoms with Crippen LogP contribution in [0.25, 0.3) is 11.3 Å². The Balaban J connectivity index is 1.72. The second kappa shape index (κ2) is 4.11. The van der Waals surface area contributed by atoms with E-state index in [-0.39, 0.29) is 6.79 Å². The monoisotopic (exact) mass is 278 g/mol. The van der Waals surface area contributed by atoms with Crippen LogP contribution in [0.3, 0.4) is 0 Å². The molecular formula is C12H11ClN4O2. The number of rotatable bonds is 2. The second-order valence-electron chi connectivity index (χ2n) is 4.59. The molecule has 0 unspecified atom stereocenters. The van der Waals surface area contributed by atoms with Crippen LogP contribution < -0.4 is 14.8 Å². The van der Waals surface area contributed by atoms with Gasteiger partial charge in [-0.25, -0.2) is 4.68 Å². The first-order valence-corrected chi connectivity index (χ1v) is 6.41. The number of halogens is 1. The van der Waals surface area contributed by atoms with Crippen LogP contribution in [0.4, 0.5) is 0 Å². The maximum absolute atomic E-state index is 6.16. The Bertz CT molecular complexity index is 639. The van der Waals surface area contributed by atoms with Crippen molar-refractivity contribution in [1.29, 1.82) is 0 Å². The smallest absolute Gasteiger partial charge is 0.231 e. The van der Waals surface area contributed by atoms with Crippen LogP contribution in [0.2, 0.25) is 5.02 Å². The summed E-state index contributed by atoms with van der Waals surface area (Å²) in [5, 5.41) is 12.1. The molecule has 0 radical (unpaired) electrons. The zero-order valence-electron chi connectivity index (χ0n) is 9.97. The standard InChI is InChI=1S/C12H11ClN4O2/c13-9-1-7(2-11-12(9)19-6-18-11)10-5-17(16-15-10)8-3-14-4-8/h1-2,5,8,14H,3-4,6H2. The van der Waals surface area contributed by atoms with Crippen LogP contribution in [0.15, 0.2) is 18.3 Å². The van der Waals surface area contributed by atoms with E-state index in [2.05, 4.69) is 15.6 Å². The summed E-state index contributed by atoms with van der Waals surface area (Å²) >= 11 is 6.16. The molecule has 1 aromatic carbocycles. The fraction of sp³-hybridized carbons (Fsp3) is 0.333. The summed E-state index contributed by atoms with van der Waals surface area (Å²) in [7, 11) is 0. The van der Waals surface area contributed by atoms with Gasteiger partial charge in [-0.2, -0.15) is 0 Å². The zero-order valence-corrected chi connectivity index (χ0v) is 10.7. The molecule has 1 aromatic heterocycles. The predicted molar refractivity (Wildman–Crippen MR) is 68.5 cm³/mol. The van der Waals surface area contributed by atoms with Crippen LogP contribution in [0, 0.1) is 0 Å². The highest BCUT2D eigenvalue weighted by Crippen LogP contribution is 2.41. The molecule has 2 aromatic rings. The van der Waals surface area contributed by atoms with E-state index in [1.165, 1.54) is 0 Å². The number of aromatic nitrogens is 3. The minimum Gasteiger partial charge on any atom is -0.454 e. The van der Waals surface area contributed by atoms with Gasteiger partial charge in [0.05, 0.1) is 17.3 Å². The van der Waals surface area contributed by atoms with E-state index in [4.69, 9.17) is 21.1 Å². The van der Waals surface area contributed by atoms with Crippen molar-refractivity contribution in [3.8, 4) is 22.8 Å². The molecule has 19 heavy (non-hydrogen) atoms. The molecule has 3 heterocycles. The number of nitrogens with one attached hydrogen (secondary N) is 1. The van der Waals surface area contributed by atoms with Crippen molar-refractivity contribution >= 4 is 11.6 Å². The van der Waals surface area contributed by atoms with Gasteiger partial charge in [0.1, 0.15) is 5.69 Å². The predicted octanol–water partition coefficient (Wildman–Crippen LogP) is 1.47. The Kier molecular flexibility index (Phi) is 2.39. The zero-order chi connectivity index (χ0) is 12.8. The first kappa shape index (κ1) is 11.1. The van der Waals surface area contributed by atoms with Crippen molar-refractivity contribution in [3.05, 3.63) is 23.4 Å². The Morgan fingerprint density at radius 3 is 3.00 bits per heavy atom. The summed E-state index contributed by atoms with van der Waals surface area (Å²) in [5.74, 6) is 1.25. The number of hydrogen-bond donors (Lipinski definition) is 1. The largest absolute Gasteiger partial charge is 0.454 e. The summed E-state index contributed by atoms with van der Waals surface area (Å²) in [6.07, 6.45) is 1.93. The summed E-state index contributed by atoms with van der Waals surface area (Å²) < 4.78 is 12.5. The Labute approximate surface area is 114 Å². The molecule has 0 amide bonds. The fourth-order valence-corrected chi connectivity index (χ4v) is 2.43. The van der Waals surface area contributed by atoms with Crippen molar-refractivity contribution in [3.63, 3.8) is 0 Å². The number of ether oxygens (including phenoxy) is 2. The Morgan fingerprint density at radius 2 is 2.21 bits per heavy atom. The average molecular weight is 279 g/mol. The highest BCUT2D eigenvalue weighted by Gasteiger charge is 2.22. The van der Waals surface area contributed by atoms with Gasteiger partial charge in [0.15, 0.2) is 11.5 Å². The maximum atomic E-state index is 6.16. The topological polar surface area (TPSA) is 61.2 Å². The highest BCUT2D eigenvalue weighted by atomic mass is 35.5. The molecule has 98 valence electrons. The third-order valence-electron chi connectivity index (χ3n) is 3.37. The van der Waals surface area contributed by atoms with Crippen molar-refractivity contribution in [1.82, 2.24) is 20.3 Å². The number of nitrogens with zero attached hydrogens (tertiary/aromatic N) is 3. The highest BCUT2D eigenvalue weighted by molar-refractivity contribution is 6.32. The van der Waals surface area contributed by atoms with Gasteiger partial charge in [0.25, 0.3) is 0 Å². The van der Waals surface area contributed by atoms with E-state index in [1.807, 2.05) is 23.0 Å². The molecule has 1 fully saturated rings. The lowest BCUT2D eigenvalue weighted by molar-refractivity contribution is 0.174. The van der Waals surface area contributed by atoms with Crippen LogP contribution in [0.5, 0.6) is 11.5 Å². The van der Waals surface area contributed by atoms with Crippen molar-refractivity contribution in [2.75, 3.05) is 19.9 Å². The Hall–Kier alpha value is -1.79. The van der Waals surface area contributed by atoms with Crippen molar-refractivity contribution < 1.29 is 9.47 Å². The van der Waals surface area contributed by atoms with Crippen LogP contribution in [-0.4, -0.2) is 34.9 Å². The number of benzene rings is 1. The van der Waals surface area contributed by atoms with Crippen LogP contribution in [0.1, 0.15) is 6.04 Å². The van der Waals surface area contributed by atoms with Gasteiger partial charge in [-0.1, -0.05) is 16.8 Å². The third kappa shape index (κ3) is 1.75. The molecule has 1 N–H and O–H groups in total. The quantitative estimate of drug-likeness (QED) is 0.901. The van der Waals surface area contributed by atoms with Crippen molar-refractivity contribution in [2.24, 2.45) is 0 Å². The lowest BCUT2D eigenvalue weighted by Gasteiger charge is -2.26. The third-order valence-corrected chi connectivity index (χ3v) is 3.65. The normalized spacial score (nSPS) is 17.5. The van der Waals surface area contributed by atoms with E-state index < -0.39 is 0 Å². The maximum Gasteiger partial charge on any atom is 0.231 e. The summed E-state index contributed by atoms with van der Waals surface area (Å²) in [5.41, 5.74) is 1.67. The molecule has 2 aliphatic heterocycles. The van der Waals surface area contributed by atoms with Crippen molar-refractivity contribution in [2.45, 2.75) is 6.04 Å². The lowest BCUT2D eigenvalue weighted by atomic mass is 10.1. The molecule has 7 heteroatoms. The molecule has 1 saturated heterocycles. The summed E-state index contributed by atoms with van der Waals surface area (Å²) in [4.78, 5) is 0. The molecule has 2 aliphatic rings. The van der Waals surface area contributed by atoms with E-state index >= 15 is 0 Å². The van der Waals surface area contributed by atoms with Gasteiger partial charge in [0, 0.05) is 18.7 Å². The Morgan fingerprint density at radius 1 is 1.32 bits per heavy atom. The van der Waals surface area contributed by atoms with Crippen LogP contribution >= 0.6 is 11.6 Å². The SMILES string of the molecule is Clc1cc(-c2cn(C3CNC3)nn2)cc2c1OCO2. The number of hydrogen-bond acceptors (Lipinski definition) is 5. The molecular weight excluding hydrogens is 268 g/mol. The molecule has 0 spiro atoms. The first-order valence-electron chi connectivity index (χ1n) is 6.03. The van der Waals surface area contributed by atoms with Gasteiger partial charge in [-0.15, -0.1) is 5.10 Å². The van der Waals surface area contributed by atoms with E-state index in [0.717, 1.165) is 24.3 Å². The van der Waals surface area contributed by atoms with Gasteiger partial charge in [-0.3, -0.25) is 0 Å². The van der Waals surface area contributed by atoms with Gasteiger partial charge >= 0.3 is 0 Å². The van der Waals surface area contributed by atoms with Crippen LogP contribution in [-0.2, 0) is 0 Å². The molecule has 0 bridgehead atoms. The average Bonchev–Trinajstić information content (AvgIpc) is 2.94. The van der Waals surface area contributed by atoms with Gasteiger partial charge in [-0.05, 0) is 12.1 Å². The van der Waals surface area contributed by atoms with Gasteiger partial charge < -0.3 is 14.8 Å². The molecule has 4 rings (SSSR count). The van der Waals surface area contributed by atoms with Gasteiger partial charge in [0.2, 0.25) is 6.79 Å². The van der Waals surface area contributed by atoms with E-state index in [0.29, 0.717) is 22.6 Å². The summed E-state index contributed by atoms with van der Waals surface area (Å²) in [6.45, 7) is 2.08. The first-order chi connectivity index (χ1) is 9.31. The molecule has 0 atom stereocenters.